The van der Waals surface area contributed by atoms with Crippen molar-refractivity contribution in [2.45, 2.75) is 26.3 Å². The number of halogens is 2. The third-order valence-corrected chi connectivity index (χ3v) is 5.45. The molecule has 8 heteroatoms. The predicted octanol–water partition coefficient (Wildman–Crippen LogP) is 4.72. The number of aliphatic imine (C=N–C) groups is 1. The molecule has 2 heterocycles. The fourth-order valence-electron chi connectivity index (χ4n) is 4.24. The Morgan fingerprint density at radius 2 is 1.90 bits per heavy atom. The molecule has 2 atom stereocenters. The van der Waals surface area contributed by atoms with Gasteiger partial charge in [-0.05, 0) is 35.2 Å². The molecular weight excluding hydrogens is 402 g/mol. The molecule has 0 amide bonds. The first kappa shape index (κ1) is 19.4. The first-order valence-corrected chi connectivity index (χ1v) is 9.96. The number of aromatic nitrogens is 1. The average Bonchev–Trinajstić information content (AvgIpc) is 3.07. The van der Waals surface area contributed by atoms with Gasteiger partial charge in [0.25, 0.3) is 0 Å². The SMILES string of the molecule is CC1(C)C=C2NC(Nc3nc4ccccc4o3)=N[C@H](c3cc(F)cc(F)c3)[C@H]2C(=O)C1. The molecule has 158 valence electrons. The lowest BCUT2D eigenvalue weighted by molar-refractivity contribution is -0.124. The van der Waals surface area contributed by atoms with Crippen molar-refractivity contribution in [1.29, 1.82) is 0 Å². The van der Waals surface area contributed by atoms with E-state index in [0.29, 0.717) is 28.8 Å². The lowest BCUT2D eigenvalue weighted by Gasteiger charge is -2.38. The standard InChI is InChI=1S/C23H20F2N4O2/c1-23(2)10-16-19(17(30)11-23)20(12-7-13(24)9-14(25)8-12)28-21(26-16)29-22-27-15-5-3-4-6-18(15)31-22/h3-10,19-20H,11H2,1-2H3,(H2,26,27,28,29)/t19-,20-/m1/s1. The smallest absolute Gasteiger partial charge is 0.302 e. The first-order valence-electron chi connectivity index (χ1n) is 9.96. The number of carbonyl (C=O) groups is 1. The highest BCUT2D eigenvalue weighted by molar-refractivity contribution is 5.98. The number of oxazole rings is 1. The molecule has 6 nitrogen and oxygen atoms in total. The highest BCUT2D eigenvalue weighted by Crippen LogP contribution is 2.42. The molecule has 0 saturated carbocycles. The Morgan fingerprint density at radius 3 is 2.65 bits per heavy atom. The molecule has 2 N–H and O–H groups in total. The van der Waals surface area contributed by atoms with E-state index < -0.39 is 23.6 Å². The largest absolute Gasteiger partial charge is 0.423 e. The third-order valence-electron chi connectivity index (χ3n) is 5.45. The van der Waals surface area contributed by atoms with E-state index in [1.165, 1.54) is 12.1 Å². The van der Waals surface area contributed by atoms with Crippen LogP contribution in [0.2, 0.25) is 0 Å². The molecule has 1 aliphatic heterocycles. The number of hydrogen-bond acceptors (Lipinski definition) is 6. The molecule has 0 fully saturated rings. The Hall–Kier alpha value is -3.55. The number of benzene rings is 2. The predicted molar refractivity (Wildman–Crippen MR) is 112 cm³/mol. The number of fused-ring (bicyclic) bond motifs is 2. The molecule has 3 aromatic rings. The number of guanidine groups is 1. The summed E-state index contributed by atoms with van der Waals surface area (Å²) in [6.07, 6.45) is 2.30. The number of hydrogen-bond donors (Lipinski definition) is 2. The number of Topliss-reactive ketones (excluding diaryl/α,β-unsaturated/α-hetero) is 1. The zero-order chi connectivity index (χ0) is 21.8. The van der Waals surface area contributed by atoms with Gasteiger partial charge in [-0.1, -0.05) is 32.1 Å². The monoisotopic (exact) mass is 422 g/mol. The number of carbonyl (C=O) groups excluding carboxylic acids is 1. The summed E-state index contributed by atoms with van der Waals surface area (Å²) in [5.41, 5.74) is 1.87. The second-order valence-corrected chi connectivity index (χ2v) is 8.57. The number of nitrogens with zero attached hydrogens (tertiary/aromatic N) is 2. The minimum absolute atomic E-state index is 0.0330. The third kappa shape index (κ3) is 3.69. The molecule has 0 radical (unpaired) electrons. The average molecular weight is 422 g/mol. The maximum Gasteiger partial charge on any atom is 0.302 e. The number of ketones is 1. The van der Waals surface area contributed by atoms with Gasteiger partial charge in [0.2, 0.25) is 5.96 Å². The summed E-state index contributed by atoms with van der Waals surface area (Å²) in [4.78, 5) is 21.9. The summed E-state index contributed by atoms with van der Waals surface area (Å²) in [5, 5.41) is 6.15. The summed E-state index contributed by atoms with van der Waals surface area (Å²) >= 11 is 0. The Labute approximate surface area is 177 Å². The zero-order valence-corrected chi connectivity index (χ0v) is 16.9. The van der Waals surface area contributed by atoms with Crippen LogP contribution in [0.5, 0.6) is 0 Å². The maximum absolute atomic E-state index is 13.9. The van der Waals surface area contributed by atoms with Crippen molar-refractivity contribution in [1.82, 2.24) is 10.3 Å². The maximum atomic E-state index is 13.9. The number of para-hydroxylation sites is 2. The molecule has 0 spiro atoms. The minimum Gasteiger partial charge on any atom is -0.423 e. The van der Waals surface area contributed by atoms with Crippen molar-refractivity contribution in [3.8, 4) is 0 Å². The zero-order valence-electron chi connectivity index (χ0n) is 16.9. The van der Waals surface area contributed by atoms with E-state index in [2.05, 4.69) is 20.6 Å². The van der Waals surface area contributed by atoms with Crippen LogP contribution in [0.15, 0.2) is 63.6 Å². The van der Waals surface area contributed by atoms with E-state index in [4.69, 9.17) is 4.42 Å². The molecular formula is C23H20F2N4O2. The molecule has 0 saturated heterocycles. The lowest BCUT2D eigenvalue weighted by atomic mass is 9.72. The van der Waals surface area contributed by atoms with Crippen LogP contribution in [0.4, 0.5) is 14.8 Å². The topological polar surface area (TPSA) is 79.5 Å². The van der Waals surface area contributed by atoms with E-state index in [-0.39, 0.29) is 23.2 Å². The van der Waals surface area contributed by atoms with Gasteiger partial charge in [0.1, 0.15) is 22.9 Å². The van der Waals surface area contributed by atoms with Gasteiger partial charge in [-0.25, -0.2) is 13.8 Å². The second kappa shape index (κ2) is 7.01. The van der Waals surface area contributed by atoms with Crippen LogP contribution in [0.3, 0.4) is 0 Å². The van der Waals surface area contributed by atoms with Crippen molar-refractivity contribution < 1.29 is 18.0 Å². The Kier molecular flexibility index (Phi) is 4.39. The van der Waals surface area contributed by atoms with Gasteiger partial charge in [-0.2, -0.15) is 4.98 Å². The first-order chi connectivity index (χ1) is 14.8. The van der Waals surface area contributed by atoms with Crippen molar-refractivity contribution in [3.63, 3.8) is 0 Å². The molecule has 1 aromatic heterocycles. The Morgan fingerprint density at radius 1 is 1.16 bits per heavy atom. The van der Waals surface area contributed by atoms with Crippen LogP contribution < -0.4 is 10.6 Å². The van der Waals surface area contributed by atoms with Crippen LogP contribution >= 0.6 is 0 Å². The molecule has 2 aromatic carbocycles. The number of nitrogens with one attached hydrogen (secondary N) is 2. The van der Waals surface area contributed by atoms with Crippen molar-refractivity contribution >= 4 is 28.9 Å². The van der Waals surface area contributed by atoms with Gasteiger partial charge in [0.05, 0.1) is 12.0 Å². The van der Waals surface area contributed by atoms with Gasteiger partial charge >= 0.3 is 6.01 Å². The van der Waals surface area contributed by atoms with E-state index >= 15 is 0 Å². The number of anilines is 1. The lowest BCUT2D eigenvalue weighted by Crippen LogP contribution is -2.46. The molecule has 1 aliphatic carbocycles. The van der Waals surface area contributed by atoms with Crippen LogP contribution in [-0.2, 0) is 4.79 Å². The van der Waals surface area contributed by atoms with Crippen molar-refractivity contribution in [2.24, 2.45) is 16.3 Å². The quantitative estimate of drug-likeness (QED) is 0.625. The normalized spacial score (nSPS) is 22.4. The van der Waals surface area contributed by atoms with E-state index in [1.54, 1.807) is 6.07 Å². The number of rotatable bonds is 2. The van der Waals surface area contributed by atoms with E-state index in [1.807, 2.05) is 38.1 Å². The van der Waals surface area contributed by atoms with Gasteiger partial charge in [-0.3, -0.25) is 10.1 Å². The fourth-order valence-corrected chi connectivity index (χ4v) is 4.24. The minimum atomic E-state index is -0.784. The van der Waals surface area contributed by atoms with Gasteiger partial charge in [0, 0.05) is 18.2 Å². The van der Waals surface area contributed by atoms with Crippen molar-refractivity contribution in [3.05, 3.63) is 71.4 Å². The highest BCUT2D eigenvalue weighted by atomic mass is 19.1. The van der Waals surface area contributed by atoms with Crippen molar-refractivity contribution in [2.75, 3.05) is 5.32 Å². The molecule has 0 unspecified atom stereocenters. The highest BCUT2D eigenvalue weighted by Gasteiger charge is 2.42. The Balaban J connectivity index is 1.58. The van der Waals surface area contributed by atoms with E-state index in [9.17, 15) is 13.6 Å². The van der Waals surface area contributed by atoms with Gasteiger partial charge in [0.15, 0.2) is 5.58 Å². The summed E-state index contributed by atoms with van der Waals surface area (Å²) in [5.74, 6) is -1.83. The molecule has 2 aliphatic rings. The summed E-state index contributed by atoms with van der Waals surface area (Å²) < 4.78 is 33.6. The van der Waals surface area contributed by atoms with Gasteiger partial charge < -0.3 is 9.73 Å². The van der Waals surface area contributed by atoms with E-state index in [0.717, 1.165) is 6.07 Å². The molecule has 31 heavy (non-hydrogen) atoms. The fraction of sp³-hybridized carbons (Fsp3) is 0.261. The summed E-state index contributed by atoms with van der Waals surface area (Å²) in [6.45, 7) is 3.93. The van der Waals surface area contributed by atoms with Crippen LogP contribution in [0, 0.1) is 23.0 Å². The van der Waals surface area contributed by atoms with Crippen LogP contribution in [0.1, 0.15) is 31.9 Å². The van der Waals surface area contributed by atoms with Crippen LogP contribution in [0.25, 0.3) is 11.1 Å². The summed E-state index contributed by atoms with van der Waals surface area (Å²) in [7, 11) is 0. The second-order valence-electron chi connectivity index (χ2n) is 8.57. The van der Waals surface area contributed by atoms with Crippen LogP contribution in [-0.4, -0.2) is 16.7 Å². The number of allylic oxidation sites excluding steroid dienone is 1. The molecule has 5 rings (SSSR count). The Bertz CT molecular complexity index is 1210. The molecule has 0 bridgehead atoms. The summed E-state index contributed by atoms with van der Waals surface area (Å²) in [6, 6.07) is 9.97. The van der Waals surface area contributed by atoms with Gasteiger partial charge in [-0.15, -0.1) is 0 Å².